The van der Waals surface area contributed by atoms with Crippen molar-refractivity contribution in [3.05, 3.63) is 29.8 Å². The van der Waals surface area contributed by atoms with Crippen LogP contribution in [0.4, 0.5) is 0 Å². The van der Waals surface area contributed by atoms with E-state index in [4.69, 9.17) is 0 Å². The maximum Gasteiger partial charge on any atom is 0.120 e. The molecule has 3 heteroatoms. The van der Waals surface area contributed by atoms with Crippen LogP contribution in [0.2, 0.25) is 0 Å². The van der Waals surface area contributed by atoms with Gasteiger partial charge in [-0.3, -0.25) is 4.99 Å². The van der Waals surface area contributed by atoms with Crippen LogP contribution in [0.5, 0.6) is 5.75 Å². The van der Waals surface area contributed by atoms with Gasteiger partial charge in [0.1, 0.15) is 5.75 Å². The Bertz CT molecular complexity index is 330. The van der Waals surface area contributed by atoms with Crippen molar-refractivity contribution in [2.75, 3.05) is 13.1 Å². The summed E-state index contributed by atoms with van der Waals surface area (Å²) < 4.78 is 0. The van der Waals surface area contributed by atoms with Crippen molar-refractivity contribution in [1.29, 1.82) is 0 Å². The van der Waals surface area contributed by atoms with Crippen molar-refractivity contribution in [3.8, 4) is 5.75 Å². The fourth-order valence-electron chi connectivity index (χ4n) is 1.24. The number of aromatic hydroxyl groups is 1. The van der Waals surface area contributed by atoms with Gasteiger partial charge in [0, 0.05) is 24.4 Å². The van der Waals surface area contributed by atoms with Gasteiger partial charge in [-0.05, 0) is 19.9 Å². The number of nitrogens with one attached hydrogen (secondary N) is 1. The van der Waals surface area contributed by atoms with E-state index in [-0.39, 0.29) is 0 Å². The van der Waals surface area contributed by atoms with Crippen molar-refractivity contribution in [2.45, 2.75) is 20.4 Å². The second kappa shape index (κ2) is 6.19. The van der Waals surface area contributed by atoms with Crippen molar-refractivity contribution in [2.24, 2.45) is 4.99 Å². The molecule has 0 saturated heterocycles. The summed E-state index contributed by atoms with van der Waals surface area (Å²) in [5.41, 5.74) is 2.02. The van der Waals surface area contributed by atoms with E-state index in [0.717, 1.165) is 24.4 Å². The minimum absolute atomic E-state index is 0.347. The number of phenols is 1. The van der Waals surface area contributed by atoms with Crippen LogP contribution >= 0.6 is 0 Å². The topological polar surface area (TPSA) is 44.6 Å². The van der Waals surface area contributed by atoms with E-state index >= 15 is 0 Å². The molecule has 0 aliphatic heterocycles. The number of benzene rings is 1. The quantitative estimate of drug-likeness (QED) is 0.571. The summed E-state index contributed by atoms with van der Waals surface area (Å²) in [7, 11) is 0. The molecule has 1 aromatic carbocycles. The molecule has 3 nitrogen and oxygen atoms in total. The number of hydrogen-bond donors (Lipinski definition) is 2. The lowest BCUT2D eigenvalue weighted by molar-refractivity contribution is 0.465. The lowest BCUT2D eigenvalue weighted by Crippen LogP contribution is -2.17. The van der Waals surface area contributed by atoms with Gasteiger partial charge in [-0.2, -0.15) is 0 Å². The maximum atomic E-state index is 9.49. The van der Waals surface area contributed by atoms with E-state index in [0.29, 0.717) is 12.3 Å². The molecule has 82 valence electrons. The fraction of sp³-hybridized carbons (Fsp3) is 0.417. The van der Waals surface area contributed by atoms with E-state index in [9.17, 15) is 5.11 Å². The van der Waals surface area contributed by atoms with Crippen LogP contribution in [0, 0.1) is 0 Å². The third-order valence-corrected chi connectivity index (χ3v) is 2.02. The van der Waals surface area contributed by atoms with Crippen LogP contribution in [0.15, 0.2) is 29.3 Å². The van der Waals surface area contributed by atoms with Crippen LogP contribution in [0.25, 0.3) is 0 Å². The molecule has 0 unspecified atom stereocenters. The normalized spacial score (nSPS) is 10.0. The molecule has 1 rings (SSSR count). The number of phenolic OH excluding ortho intramolecular Hbond substituents is 1. The zero-order chi connectivity index (χ0) is 11.1. The highest BCUT2D eigenvalue weighted by molar-refractivity contribution is 5.79. The van der Waals surface area contributed by atoms with Gasteiger partial charge in [-0.1, -0.05) is 18.2 Å². The van der Waals surface area contributed by atoms with Crippen LogP contribution in [0.1, 0.15) is 19.4 Å². The summed E-state index contributed by atoms with van der Waals surface area (Å²) in [6.07, 6.45) is 0. The van der Waals surface area contributed by atoms with E-state index in [1.807, 2.05) is 32.0 Å². The summed E-state index contributed by atoms with van der Waals surface area (Å²) in [6.45, 7) is 6.28. The molecule has 1 aromatic rings. The molecule has 0 amide bonds. The molecule has 0 saturated carbocycles. The first-order valence-electron chi connectivity index (χ1n) is 5.15. The lowest BCUT2D eigenvalue weighted by atomic mass is 10.2. The average molecular weight is 206 g/mol. The minimum Gasteiger partial charge on any atom is -0.508 e. The molecule has 0 atom stereocenters. The van der Waals surface area contributed by atoms with Crippen LogP contribution in [-0.2, 0) is 6.54 Å². The highest BCUT2D eigenvalue weighted by Crippen LogP contribution is 2.14. The largest absolute Gasteiger partial charge is 0.508 e. The predicted octanol–water partition coefficient (Wildman–Crippen LogP) is 1.96. The first-order chi connectivity index (χ1) is 7.20. The van der Waals surface area contributed by atoms with Crippen molar-refractivity contribution < 1.29 is 5.11 Å². The first-order valence-corrected chi connectivity index (χ1v) is 5.15. The van der Waals surface area contributed by atoms with Gasteiger partial charge in [0.2, 0.25) is 0 Å². The van der Waals surface area contributed by atoms with E-state index in [1.54, 1.807) is 6.07 Å². The Balaban J connectivity index is 2.26. The molecule has 0 aliphatic carbocycles. The molecular weight excluding hydrogens is 188 g/mol. The van der Waals surface area contributed by atoms with Crippen LogP contribution in [0.3, 0.4) is 0 Å². The number of aliphatic imine (C=N–C) groups is 1. The predicted molar refractivity (Wildman–Crippen MR) is 63.5 cm³/mol. The summed E-state index contributed by atoms with van der Waals surface area (Å²) in [6, 6.07) is 7.36. The highest BCUT2D eigenvalue weighted by Gasteiger charge is 1.97. The van der Waals surface area contributed by atoms with Gasteiger partial charge in [0.15, 0.2) is 0 Å². The smallest absolute Gasteiger partial charge is 0.120 e. The lowest BCUT2D eigenvalue weighted by Gasteiger charge is -2.05. The van der Waals surface area contributed by atoms with Gasteiger partial charge in [0.05, 0.1) is 6.54 Å². The van der Waals surface area contributed by atoms with Crippen molar-refractivity contribution in [3.63, 3.8) is 0 Å². The van der Waals surface area contributed by atoms with Gasteiger partial charge in [-0.25, -0.2) is 0 Å². The molecule has 0 fully saturated rings. The summed E-state index contributed by atoms with van der Waals surface area (Å²) in [5.74, 6) is 0.347. The van der Waals surface area contributed by atoms with Crippen molar-refractivity contribution >= 4 is 5.71 Å². The molecule has 0 radical (unpaired) electrons. The molecule has 0 spiro atoms. The Hall–Kier alpha value is -1.35. The Morgan fingerprint density at radius 1 is 1.33 bits per heavy atom. The molecule has 15 heavy (non-hydrogen) atoms. The highest BCUT2D eigenvalue weighted by atomic mass is 16.3. The molecule has 0 aliphatic rings. The van der Waals surface area contributed by atoms with Gasteiger partial charge in [0.25, 0.3) is 0 Å². The zero-order valence-corrected chi connectivity index (χ0v) is 9.33. The van der Waals surface area contributed by atoms with Crippen LogP contribution < -0.4 is 5.32 Å². The second-order valence-electron chi connectivity index (χ2n) is 3.63. The van der Waals surface area contributed by atoms with Gasteiger partial charge >= 0.3 is 0 Å². The standard InChI is InChI=1S/C12H18N2O/c1-10(2)14-8-7-13-9-11-5-3-4-6-12(11)15/h3-6,13,15H,7-9H2,1-2H3. The molecule has 2 N–H and O–H groups in total. The minimum atomic E-state index is 0.347. The SMILES string of the molecule is CC(C)=NCCNCc1ccccc1O. The van der Waals surface area contributed by atoms with E-state index < -0.39 is 0 Å². The monoisotopic (exact) mass is 206 g/mol. The molecule has 0 aromatic heterocycles. The third kappa shape index (κ3) is 4.61. The summed E-state index contributed by atoms with van der Waals surface area (Å²) in [5, 5.41) is 12.7. The maximum absolute atomic E-state index is 9.49. The molecular formula is C12H18N2O. The number of nitrogens with zero attached hydrogens (tertiary/aromatic N) is 1. The van der Waals surface area contributed by atoms with E-state index in [2.05, 4.69) is 10.3 Å². The fourth-order valence-corrected chi connectivity index (χ4v) is 1.24. The average Bonchev–Trinajstić information content (AvgIpc) is 2.20. The van der Waals surface area contributed by atoms with Crippen LogP contribution in [-0.4, -0.2) is 23.9 Å². The summed E-state index contributed by atoms with van der Waals surface area (Å²) >= 11 is 0. The Kier molecular flexibility index (Phi) is 4.84. The first kappa shape index (κ1) is 11.7. The van der Waals surface area contributed by atoms with Crippen molar-refractivity contribution in [1.82, 2.24) is 5.32 Å². The Morgan fingerprint density at radius 2 is 2.07 bits per heavy atom. The molecule has 0 heterocycles. The number of para-hydroxylation sites is 1. The number of hydrogen-bond acceptors (Lipinski definition) is 3. The Morgan fingerprint density at radius 3 is 2.73 bits per heavy atom. The molecule has 0 bridgehead atoms. The number of rotatable bonds is 5. The third-order valence-electron chi connectivity index (χ3n) is 2.02. The zero-order valence-electron chi connectivity index (χ0n) is 9.33. The van der Waals surface area contributed by atoms with Gasteiger partial charge in [-0.15, -0.1) is 0 Å². The summed E-state index contributed by atoms with van der Waals surface area (Å²) in [4.78, 5) is 4.27. The van der Waals surface area contributed by atoms with Gasteiger partial charge < -0.3 is 10.4 Å². The van der Waals surface area contributed by atoms with E-state index in [1.165, 1.54) is 0 Å². The Labute approximate surface area is 90.9 Å². The second-order valence-corrected chi connectivity index (χ2v) is 3.63.